The average molecular weight is 505 g/mol. The van der Waals surface area contributed by atoms with Gasteiger partial charge in [0.15, 0.2) is 5.69 Å². The first kappa shape index (κ1) is 24.0. The molecule has 1 amide bonds. The van der Waals surface area contributed by atoms with Crippen LogP contribution < -0.4 is 0 Å². The van der Waals surface area contributed by atoms with Crippen LogP contribution in [0, 0.1) is 11.3 Å². The Labute approximate surface area is 203 Å². The number of hydrogen-bond acceptors (Lipinski definition) is 4. The number of alkyl halides is 3. The SMILES string of the molecule is C=CC(=O)N1Cc2sc(Cl)cc2C(c2ccccc2-c2cn(C(C)(C)C#N)nc2C(F)(F)F)C1. The second-order valence-corrected chi connectivity index (χ2v) is 10.3. The van der Waals surface area contributed by atoms with E-state index in [1.165, 1.54) is 37.5 Å². The van der Waals surface area contributed by atoms with Crippen LogP contribution in [0.5, 0.6) is 0 Å². The summed E-state index contributed by atoms with van der Waals surface area (Å²) in [5.41, 5.74) is -0.642. The molecule has 5 nitrogen and oxygen atoms in total. The Morgan fingerprint density at radius 1 is 1.29 bits per heavy atom. The molecule has 0 aliphatic carbocycles. The molecule has 0 spiro atoms. The third-order valence-electron chi connectivity index (χ3n) is 5.87. The van der Waals surface area contributed by atoms with Crippen molar-refractivity contribution in [3.05, 3.63) is 75.2 Å². The van der Waals surface area contributed by atoms with Crippen LogP contribution in [-0.4, -0.2) is 27.1 Å². The fourth-order valence-electron chi connectivity index (χ4n) is 4.11. The number of thiophene rings is 1. The van der Waals surface area contributed by atoms with Crippen molar-refractivity contribution < 1.29 is 18.0 Å². The molecule has 1 aliphatic rings. The number of carbonyl (C=O) groups is 1. The highest BCUT2D eigenvalue weighted by molar-refractivity contribution is 7.16. The number of hydrogen-bond donors (Lipinski definition) is 0. The third kappa shape index (κ3) is 4.24. The summed E-state index contributed by atoms with van der Waals surface area (Å²) in [5.74, 6) is -0.668. The van der Waals surface area contributed by atoms with Crippen molar-refractivity contribution in [1.82, 2.24) is 14.7 Å². The molecule has 1 aliphatic heterocycles. The van der Waals surface area contributed by atoms with Crippen molar-refractivity contribution in [2.24, 2.45) is 0 Å². The molecule has 3 aromatic rings. The lowest BCUT2D eigenvalue weighted by molar-refractivity contribution is -0.141. The average Bonchev–Trinajstić information content (AvgIpc) is 3.41. The highest BCUT2D eigenvalue weighted by atomic mass is 35.5. The van der Waals surface area contributed by atoms with Crippen molar-refractivity contribution >= 4 is 28.8 Å². The summed E-state index contributed by atoms with van der Waals surface area (Å²) in [5, 5.41) is 13.2. The van der Waals surface area contributed by atoms with Crippen LogP contribution in [0.1, 0.15) is 41.5 Å². The van der Waals surface area contributed by atoms with Crippen molar-refractivity contribution in [1.29, 1.82) is 5.26 Å². The zero-order valence-corrected chi connectivity index (χ0v) is 19.9. The van der Waals surface area contributed by atoms with Gasteiger partial charge in [0.05, 0.1) is 17.0 Å². The number of amides is 1. The molecule has 10 heteroatoms. The standard InChI is InChI=1S/C24H20ClF3N4OS/c1-4-21(33)31-10-17(16-9-20(25)34-19(16)12-31)14-7-5-6-8-15(14)18-11-32(23(2,3)13-29)30-22(18)24(26,27)28/h4-9,11,17H,1,10,12H2,2-3H3. The summed E-state index contributed by atoms with van der Waals surface area (Å²) in [4.78, 5) is 14.9. The topological polar surface area (TPSA) is 61.9 Å². The maximum Gasteiger partial charge on any atom is 0.435 e. The predicted molar refractivity (Wildman–Crippen MR) is 124 cm³/mol. The number of aromatic nitrogens is 2. The van der Waals surface area contributed by atoms with E-state index in [1.54, 1.807) is 29.2 Å². The van der Waals surface area contributed by atoms with Crippen LogP contribution in [0.3, 0.4) is 0 Å². The highest BCUT2D eigenvalue weighted by Crippen LogP contribution is 2.45. The van der Waals surface area contributed by atoms with E-state index in [2.05, 4.69) is 11.7 Å². The minimum Gasteiger partial charge on any atom is -0.333 e. The first-order valence-electron chi connectivity index (χ1n) is 10.3. The van der Waals surface area contributed by atoms with Crippen molar-refractivity contribution in [3.63, 3.8) is 0 Å². The largest absolute Gasteiger partial charge is 0.435 e. The minimum atomic E-state index is -4.73. The molecule has 4 rings (SSSR count). The van der Waals surface area contributed by atoms with Gasteiger partial charge in [-0.05, 0) is 42.7 Å². The van der Waals surface area contributed by atoms with Gasteiger partial charge < -0.3 is 4.90 Å². The lowest BCUT2D eigenvalue weighted by Crippen LogP contribution is -2.37. The van der Waals surface area contributed by atoms with Gasteiger partial charge in [0.2, 0.25) is 5.91 Å². The second kappa shape index (κ2) is 8.60. The second-order valence-electron chi connectivity index (χ2n) is 8.50. The van der Waals surface area contributed by atoms with Gasteiger partial charge in [0.1, 0.15) is 5.54 Å². The summed E-state index contributed by atoms with van der Waals surface area (Å²) >= 11 is 7.62. The van der Waals surface area contributed by atoms with Crippen molar-refractivity contribution in [2.75, 3.05) is 6.54 Å². The first-order valence-corrected chi connectivity index (χ1v) is 11.5. The molecule has 0 saturated carbocycles. The lowest BCUT2D eigenvalue weighted by atomic mass is 9.84. The van der Waals surface area contributed by atoms with Gasteiger partial charge in [-0.2, -0.15) is 23.5 Å². The van der Waals surface area contributed by atoms with Crippen LogP contribution in [-0.2, 0) is 23.1 Å². The van der Waals surface area contributed by atoms with Crippen LogP contribution in [0.4, 0.5) is 13.2 Å². The number of nitrogens with zero attached hydrogens (tertiary/aromatic N) is 4. The minimum absolute atomic E-state index is 0.124. The van der Waals surface area contributed by atoms with E-state index in [4.69, 9.17) is 11.6 Å². The summed E-state index contributed by atoms with van der Waals surface area (Å²) in [6.07, 6.45) is -2.24. The molecule has 1 unspecified atom stereocenters. The van der Waals surface area contributed by atoms with Gasteiger partial charge in [0.25, 0.3) is 0 Å². The summed E-state index contributed by atoms with van der Waals surface area (Å²) < 4.78 is 43.7. The Morgan fingerprint density at radius 3 is 2.65 bits per heavy atom. The van der Waals surface area contributed by atoms with E-state index in [0.29, 0.717) is 22.0 Å². The van der Waals surface area contributed by atoms with Crippen LogP contribution in [0.15, 0.2) is 49.2 Å². The van der Waals surface area contributed by atoms with E-state index in [9.17, 15) is 23.2 Å². The van der Waals surface area contributed by atoms with Gasteiger partial charge >= 0.3 is 6.18 Å². The molecule has 3 heterocycles. The van der Waals surface area contributed by atoms with E-state index in [0.717, 1.165) is 15.1 Å². The zero-order valence-electron chi connectivity index (χ0n) is 18.4. The van der Waals surface area contributed by atoms with Crippen LogP contribution in [0.2, 0.25) is 4.34 Å². The monoisotopic (exact) mass is 504 g/mol. The Morgan fingerprint density at radius 2 is 2.00 bits per heavy atom. The first-order chi connectivity index (χ1) is 16.0. The maximum atomic E-state index is 14.0. The third-order valence-corrected chi connectivity index (χ3v) is 7.13. The number of nitriles is 1. The van der Waals surface area contributed by atoms with Crippen molar-refractivity contribution in [2.45, 2.75) is 38.0 Å². The Hall–Kier alpha value is -3.09. The van der Waals surface area contributed by atoms with E-state index < -0.39 is 23.3 Å². The maximum absolute atomic E-state index is 14.0. The number of benzene rings is 1. The number of rotatable bonds is 4. The van der Waals surface area contributed by atoms with Crippen molar-refractivity contribution in [3.8, 4) is 17.2 Å². The van der Waals surface area contributed by atoms with Gasteiger partial charge in [-0.1, -0.05) is 42.4 Å². The van der Waals surface area contributed by atoms with E-state index in [-0.39, 0.29) is 18.0 Å². The molecule has 0 radical (unpaired) electrons. The lowest BCUT2D eigenvalue weighted by Gasteiger charge is -2.33. The molecular formula is C24H20ClF3N4OS. The quantitative estimate of drug-likeness (QED) is 0.397. The Bertz CT molecular complexity index is 1320. The molecule has 0 fully saturated rings. The number of halogens is 4. The molecule has 0 N–H and O–H groups in total. The summed E-state index contributed by atoms with van der Waals surface area (Å²) in [7, 11) is 0. The van der Waals surface area contributed by atoms with Gasteiger partial charge in [-0.25, -0.2) is 0 Å². The predicted octanol–water partition coefficient (Wildman–Crippen LogP) is 6.20. The highest BCUT2D eigenvalue weighted by Gasteiger charge is 2.40. The van der Waals surface area contributed by atoms with Gasteiger partial charge in [-0.15, -0.1) is 11.3 Å². The zero-order chi connectivity index (χ0) is 24.8. The molecule has 176 valence electrons. The van der Waals surface area contributed by atoms with Crippen LogP contribution in [0.25, 0.3) is 11.1 Å². The van der Waals surface area contributed by atoms with E-state index in [1.807, 2.05) is 12.1 Å². The number of fused-ring (bicyclic) bond motifs is 1. The molecule has 1 aromatic carbocycles. The molecule has 0 saturated heterocycles. The normalized spacial score (nSPS) is 16.1. The fraction of sp³-hybridized carbons (Fsp3) is 0.292. The number of carbonyl (C=O) groups excluding carboxylic acids is 1. The summed E-state index contributed by atoms with van der Waals surface area (Å²) in [6, 6.07) is 10.6. The Balaban J connectivity index is 1.92. The molecule has 2 aromatic heterocycles. The molecular weight excluding hydrogens is 485 g/mol. The fourth-order valence-corrected chi connectivity index (χ4v) is 5.47. The Kier molecular flexibility index (Phi) is 6.08. The summed E-state index contributed by atoms with van der Waals surface area (Å²) in [6.45, 7) is 7.17. The molecule has 1 atom stereocenters. The molecule has 0 bridgehead atoms. The van der Waals surface area contributed by atoms with E-state index >= 15 is 0 Å². The smallest absolute Gasteiger partial charge is 0.333 e. The van der Waals surface area contributed by atoms with Gasteiger partial charge in [-0.3, -0.25) is 9.48 Å². The van der Waals surface area contributed by atoms with Gasteiger partial charge in [0, 0.05) is 29.1 Å². The molecule has 34 heavy (non-hydrogen) atoms. The van der Waals surface area contributed by atoms with Crippen LogP contribution >= 0.6 is 22.9 Å².